The van der Waals surface area contributed by atoms with Gasteiger partial charge >= 0.3 is 24.0 Å². The molecule has 1 aliphatic carbocycles. The van der Waals surface area contributed by atoms with Gasteiger partial charge in [0.15, 0.2) is 0 Å². The lowest BCUT2D eigenvalue weighted by Gasteiger charge is -2.30. The van der Waals surface area contributed by atoms with Crippen LogP contribution in [0.3, 0.4) is 0 Å². The summed E-state index contributed by atoms with van der Waals surface area (Å²) in [5.41, 5.74) is -0.552. The molecule has 1 saturated carbocycles. The molecule has 0 aromatic carbocycles. The number of unbranched alkanes of at least 4 members (excludes halogenated alkanes) is 2. The Morgan fingerprint density at radius 1 is 0.872 bits per heavy atom. The monoisotopic (exact) mass is 664 g/mol. The van der Waals surface area contributed by atoms with E-state index in [1.54, 1.807) is 25.7 Å². The lowest BCUT2D eigenvalue weighted by Crippen LogP contribution is -2.46. The highest BCUT2D eigenvalue weighted by Crippen LogP contribution is 2.32. The fourth-order valence-corrected chi connectivity index (χ4v) is 6.70. The summed E-state index contributed by atoms with van der Waals surface area (Å²) in [5, 5.41) is 0. The van der Waals surface area contributed by atoms with Gasteiger partial charge in [0, 0.05) is 13.1 Å². The van der Waals surface area contributed by atoms with Gasteiger partial charge in [-0.2, -0.15) is 0 Å². The molecule has 2 amide bonds. The summed E-state index contributed by atoms with van der Waals surface area (Å²) in [6, 6.07) is -1.07. The summed E-state index contributed by atoms with van der Waals surface area (Å²) in [7, 11) is 2.69. The van der Waals surface area contributed by atoms with E-state index in [0.717, 1.165) is 51.4 Å². The Bertz CT molecular complexity index is 1070. The third-order valence-electron chi connectivity index (χ3n) is 9.19. The van der Waals surface area contributed by atoms with Crippen molar-refractivity contribution in [2.75, 3.05) is 27.3 Å². The number of likely N-dealkylation sites (tertiary alicyclic amines) is 2. The molecular formula is C36H60N2O9. The van der Waals surface area contributed by atoms with E-state index in [-0.39, 0.29) is 54.1 Å². The number of carbonyl (C=O) groups is 5. The maximum Gasteiger partial charge on any atom is 0.411 e. The van der Waals surface area contributed by atoms with Gasteiger partial charge in [0.1, 0.15) is 23.8 Å². The van der Waals surface area contributed by atoms with Gasteiger partial charge in [-0.25, -0.2) is 14.4 Å². The Morgan fingerprint density at radius 2 is 1.40 bits per heavy atom. The van der Waals surface area contributed by atoms with Crippen LogP contribution in [0.15, 0.2) is 12.7 Å². The SMILES string of the molecule is C=CCCCC[C@@H](C)[C@H](CC(=O)OC1CCCC1)C(=O)N1C[C@@H](C)C[C@H]1C(=O)OC.COC(=O)[C@H]1C[C@H](C)CN1C(=O)OC(C)(C)C. The average molecular weight is 665 g/mol. The summed E-state index contributed by atoms with van der Waals surface area (Å²) in [6.45, 7) is 16.3. The Hall–Kier alpha value is -3.11. The van der Waals surface area contributed by atoms with Crippen molar-refractivity contribution in [3.05, 3.63) is 12.7 Å². The summed E-state index contributed by atoms with van der Waals surface area (Å²) >= 11 is 0. The Balaban J connectivity index is 0.000000382. The first-order valence-electron chi connectivity index (χ1n) is 17.4. The summed E-state index contributed by atoms with van der Waals surface area (Å²) in [5.74, 6) is -1.08. The molecule has 11 heteroatoms. The minimum Gasteiger partial charge on any atom is -0.467 e. The smallest absolute Gasteiger partial charge is 0.411 e. The number of methoxy groups -OCH3 is 2. The molecule has 0 unspecified atom stereocenters. The number of esters is 3. The van der Waals surface area contributed by atoms with Crippen molar-refractivity contribution in [2.45, 2.75) is 136 Å². The van der Waals surface area contributed by atoms with Crippen LogP contribution in [0.5, 0.6) is 0 Å². The first kappa shape index (κ1) is 40.1. The van der Waals surface area contributed by atoms with Crippen LogP contribution in [0, 0.1) is 23.7 Å². The third kappa shape index (κ3) is 12.8. The third-order valence-corrected chi connectivity index (χ3v) is 9.19. The summed E-state index contributed by atoms with van der Waals surface area (Å²) < 4.78 is 20.6. The normalized spacial score (nSPS) is 24.1. The van der Waals surface area contributed by atoms with E-state index in [4.69, 9.17) is 18.9 Å². The van der Waals surface area contributed by atoms with Crippen LogP contribution in [0.4, 0.5) is 4.79 Å². The van der Waals surface area contributed by atoms with Gasteiger partial charge in [-0.05, 0) is 96.3 Å². The molecule has 3 rings (SSSR count). The summed E-state index contributed by atoms with van der Waals surface area (Å²) in [4.78, 5) is 65.0. The Kier molecular flexibility index (Phi) is 16.2. The van der Waals surface area contributed by atoms with Crippen LogP contribution in [0.2, 0.25) is 0 Å². The van der Waals surface area contributed by atoms with E-state index in [1.807, 2.05) is 26.8 Å². The van der Waals surface area contributed by atoms with Crippen molar-refractivity contribution >= 4 is 29.9 Å². The maximum absolute atomic E-state index is 13.5. The second kappa shape index (κ2) is 19.0. The molecule has 268 valence electrons. The molecule has 2 heterocycles. The number of amides is 2. The van der Waals surface area contributed by atoms with Crippen LogP contribution in [-0.4, -0.2) is 90.8 Å². The van der Waals surface area contributed by atoms with Gasteiger partial charge < -0.3 is 23.8 Å². The molecule has 0 radical (unpaired) electrons. The highest BCUT2D eigenvalue weighted by molar-refractivity contribution is 5.89. The number of rotatable bonds is 12. The van der Waals surface area contributed by atoms with Crippen LogP contribution in [-0.2, 0) is 38.1 Å². The second-order valence-electron chi connectivity index (χ2n) is 14.6. The minimum atomic E-state index is -0.557. The molecule has 6 atom stereocenters. The topological polar surface area (TPSA) is 129 Å². The van der Waals surface area contributed by atoms with Crippen molar-refractivity contribution in [3.63, 3.8) is 0 Å². The van der Waals surface area contributed by atoms with E-state index in [9.17, 15) is 24.0 Å². The largest absolute Gasteiger partial charge is 0.467 e. The zero-order valence-corrected chi connectivity index (χ0v) is 30.1. The molecule has 0 bridgehead atoms. The van der Waals surface area contributed by atoms with Gasteiger partial charge in [0.25, 0.3) is 0 Å². The molecule has 0 aromatic rings. The number of nitrogens with zero attached hydrogens (tertiary/aromatic N) is 2. The van der Waals surface area contributed by atoms with Crippen molar-refractivity contribution in [3.8, 4) is 0 Å². The predicted molar refractivity (Wildman–Crippen MR) is 178 cm³/mol. The molecule has 2 saturated heterocycles. The number of hydrogen-bond donors (Lipinski definition) is 0. The molecule has 3 aliphatic rings. The average Bonchev–Trinajstić information content (AvgIpc) is 3.76. The van der Waals surface area contributed by atoms with Gasteiger partial charge in [0.05, 0.1) is 26.6 Å². The van der Waals surface area contributed by atoms with Gasteiger partial charge in [-0.1, -0.05) is 33.3 Å². The molecule has 2 aliphatic heterocycles. The number of allylic oxidation sites excluding steroid dienone is 1. The van der Waals surface area contributed by atoms with E-state index in [2.05, 4.69) is 6.58 Å². The molecule has 0 N–H and O–H groups in total. The van der Waals surface area contributed by atoms with E-state index in [0.29, 0.717) is 25.9 Å². The fraction of sp³-hybridized carbons (Fsp3) is 0.806. The standard InChI is InChI=1S/C24H39NO5.C12H21NO4/c1-5-6-7-8-11-18(3)20(15-22(26)30-19-12-9-10-13-19)23(27)25-16-17(2)14-21(25)24(28)29-4;1-8-6-9(10(14)16-5)13(7-8)11(15)17-12(2,3)4/h5,17-21H,1,6-16H2,2-4H3;8-9H,6-7H2,1-5H3/t17-,18+,20-,21-;8-,9+/m00/s1. The van der Waals surface area contributed by atoms with E-state index >= 15 is 0 Å². The fourth-order valence-electron chi connectivity index (χ4n) is 6.70. The second-order valence-corrected chi connectivity index (χ2v) is 14.6. The quantitative estimate of drug-likeness (QED) is 0.106. The van der Waals surface area contributed by atoms with E-state index < -0.39 is 29.7 Å². The predicted octanol–water partition coefficient (Wildman–Crippen LogP) is 6.08. The Labute approximate surface area is 282 Å². The maximum atomic E-state index is 13.5. The Morgan fingerprint density at radius 3 is 1.91 bits per heavy atom. The molecule has 0 aromatic heterocycles. The van der Waals surface area contributed by atoms with Gasteiger partial charge in [-0.3, -0.25) is 14.5 Å². The highest BCUT2D eigenvalue weighted by atomic mass is 16.6. The van der Waals surface area contributed by atoms with Crippen LogP contribution < -0.4 is 0 Å². The van der Waals surface area contributed by atoms with Crippen molar-refractivity contribution in [1.29, 1.82) is 0 Å². The van der Waals surface area contributed by atoms with Crippen LogP contribution in [0.1, 0.15) is 112 Å². The first-order chi connectivity index (χ1) is 22.1. The minimum absolute atomic E-state index is 0.00854. The zero-order chi connectivity index (χ0) is 35.3. The van der Waals surface area contributed by atoms with Crippen molar-refractivity contribution in [2.24, 2.45) is 23.7 Å². The molecule has 3 fully saturated rings. The molecule has 0 spiro atoms. The number of ether oxygens (including phenoxy) is 4. The van der Waals surface area contributed by atoms with Gasteiger partial charge in [0.2, 0.25) is 5.91 Å². The zero-order valence-electron chi connectivity index (χ0n) is 30.1. The lowest BCUT2D eigenvalue weighted by atomic mass is 9.85. The first-order valence-corrected chi connectivity index (χ1v) is 17.4. The molecular weight excluding hydrogens is 604 g/mol. The highest BCUT2D eigenvalue weighted by Gasteiger charge is 2.43. The van der Waals surface area contributed by atoms with Crippen LogP contribution in [0.25, 0.3) is 0 Å². The number of hydrogen-bond acceptors (Lipinski definition) is 9. The molecule has 11 nitrogen and oxygen atoms in total. The van der Waals surface area contributed by atoms with Crippen LogP contribution >= 0.6 is 0 Å². The van der Waals surface area contributed by atoms with Gasteiger partial charge in [-0.15, -0.1) is 6.58 Å². The number of carbonyl (C=O) groups excluding carboxylic acids is 5. The van der Waals surface area contributed by atoms with E-state index in [1.165, 1.54) is 19.1 Å². The lowest BCUT2D eigenvalue weighted by molar-refractivity contribution is -0.157. The summed E-state index contributed by atoms with van der Waals surface area (Å²) in [6.07, 6.45) is 10.6. The molecule has 47 heavy (non-hydrogen) atoms. The van der Waals surface area contributed by atoms with Crippen molar-refractivity contribution < 1.29 is 42.9 Å². The van der Waals surface area contributed by atoms with Crippen molar-refractivity contribution in [1.82, 2.24) is 9.80 Å².